The number of pyridine rings is 1. The zero-order valence-electron chi connectivity index (χ0n) is 19.8. The van der Waals surface area contributed by atoms with Crippen LogP contribution in [0.1, 0.15) is 75.7 Å². The molecule has 7 heteroatoms. The molecule has 1 aromatic heterocycles. The fraction of sp³-hybridized carbons (Fsp3) is 0.577. The lowest BCUT2D eigenvalue weighted by Crippen LogP contribution is -2.46. The van der Waals surface area contributed by atoms with Gasteiger partial charge in [0.15, 0.2) is 0 Å². The Morgan fingerprint density at radius 2 is 1.82 bits per heavy atom. The Hall–Kier alpha value is -2.67. The number of benzene rings is 1. The van der Waals surface area contributed by atoms with E-state index in [1.807, 2.05) is 45.0 Å². The molecule has 2 aliphatic rings. The number of rotatable bonds is 8. The first-order valence-corrected chi connectivity index (χ1v) is 12.2. The summed E-state index contributed by atoms with van der Waals surface area (Å²) in [6.45, 7) is 6.98. The number of ether oxygens (including phenoxy) is 2. The number of piperidine rings is 1. The molecule has 1 aromatic carbocycles. The second kappa shape index (κ2) is 10.1. The second-order valence-electron chi connectivity index (χ2n) is 9.42. The molecular weight excluding hydrogens is 420 g/mol. The molecule has 2 unspecified atom stereocenters. The molecule has 2 aromatic rings. The normalized spacial score (nSPS) is 22.6. The summed E-state index contributed by atoms with van der Waals surface area (Å²) in [6, 6.07) is 9.93. The minimum atomic E-state index is -0.527. The van der Waals surface area contributed by atoms with Crippen LogP contribution in [0.2, 0.25) is 0 Å². The Bertz CT molecular complexity index is 1060. The number of hydrogen-bond acceptors (Lipinski definition) is 6. The molecule has 0 aliphatic carbocycles. The van der Waals surface area contributed by atoms with Crippen LogP contribution >= 0.6 is 0 Å². The molecule has 0 amide bonds. The molecule has 7 nitrogen and oxygen atoms in total. The van der Waals surface area contributed by atoms with Crippen molar-refractivity contribution in [3.8, 4) is 0 Å². The van der Waals surface area contributed by atoms with Gasteiger partial charge in [-0.25, -0.2) is 4.79 Å². The smallest absolute Gasteiger partial charge is 0.344 e. The van der Waals surface area contributed by atoms with E-state index in [-0.39, 0.29) is 29.2 Å². The number of carbonyl (C=O) groups is 2. The van der Waals surface area contributed by atoms with Crippen molar-refractivity contribution in [2.75, 3.05) is 13.2 Å². The third kappa shape index (κ3) is 4.98. The summed E-state index contributed by atoms with van der Waals surface area (Å²) < 4.78 is 12.6. The van der Waals surface area contributed by atoms with E-state index >= 15 is 0 Å². The largest absolute Gasteiger partial charge is 0.466 e. The third-order valence-electron chi connectivity index (χ3n) is 6.90. The van der Waals surface area contributed by atoms with Crippen molar-refractivity contribution in [1.29, 1.82) is 0 Å². The average molecular weight is 455 g/mol. The van der Waals surface area contributed by atoms with Crippen molar-refractivity contribution in [2.45, 2.75) is 83.5 Å². The molecule has 2 atom stereocenters. The minimum Gasteiger partial charge on any atom is -0.466 e. The van der Waals surface area contributed by atoms with Crippen LogP contribution in [-0.2, 0) is 14.3 Å². The van der Waals surface area contributed by atoms with Crippen molar-refractivity contribution in [3.63, 3.8) is 0 Å². The SMILES string of the molecule is CCOC(=O)CCCN1C2CCC1CC(OC(=O)c1cc3ccccc3n(C(C)C)c1=O)C2. The lowest BCUT2D eigenvalue weighted by molar-refractivity contribution is -0.143. The standard InChI is InChI=1S/C26H34N2O5/c1-4-32-24(29)10-7-13-27-19-11-12-20(27)16-21(15-19)33-26(31)22-14-18-8-5-6-9-23(18)28(17(2)3)25(22)30/h5-6,8-9,14,17,19-21H,4,7,10-13,15-16H2,1-3H3. The number of nitrogens with zero attached hydrogens (tertiary/aromatic N) is 2. The van der Waals surface area contributed by atoms with Crippen molar-refractivity contribution >= 4 is 22.8 Å². The molecule has 0 N–H and O–H groups in total. The Morgan fingerprint density at radius 1 is 1.12 bits per heavy atom. The maximum atomic E-state index is 13.1. The minimum absolute atomic E-state index is 0.0659. The zero-order valence-corrected chi connectivity index (χ0v) is 19.8. The predicted octanol–water partition coefficient (Wildman–Crippen LogP) is 4.08. The highest BCUT2D eigenvalue weighted by Crippen LogP contribution is 2.37. The van der Waals surface area contributed by atoms with E-state index in [0.29, 0.717) is 25.1 Å². The van der Waals surface area contributed by atoms with Gasteiger partial charge in [-0.05, 0) is 64.1 Å². The first-order valence-electron chi connectivity index (χ1n) is 12.2. The quantitative estimate of drug-likeness (QED) is 0.560. The van der Waals surface area contributed by atoms with Crippen molar-refractivity contribution < 1.29 is 19.1 Å². The molecule has 0 spiro atoms. The molecule has 2 bridgehead atoms. The van der Waals surface area contributed by atoms with Crippen LogP contribution < -0.4 is 5.56 Å². The summed E-state index contributed by atoms with van der Waals surface area (Å²) in [5.41, 5.74) is 0.628. The molecule has 2 fully saturated rings. The van der Waals surface area contributed by atoms with E-state index in [4.69, 9.17) is 9.47 Å². The maximum Gasteiger partial charge on any atom is 0.344 e. The number of fused-ring (bicyclic) bond motifs is 3. The van der Waals surface area contributed by atoms with Gasteiger partial charge in [0.25, 0.3) is 5.56 Å². The Labute approximate surface area is 194 Å². The van der Waals surface area contributed by atoms with Crippen LogP contribution in [0.15, 0.2) is 35.1 Å². The van der Waals surface area contributed by atoms with Gasteiger partial charge in [0.1, 0.15) is 11.7 Å². The zero-order chi connectivity index (χ0) is 23.5. The van der Waals surface area contributed by atoms with Gasteiger partial charge in [-0.15, -0.1) is 0 Å². The molecule has 178 valence electrons. The molecule has 3 heterocycles. The number of para-hydroxylation sites is 1. The number of aromatic nitrogens is 1. The van der Waals surface area contributed by atoms with Gasteiger partial charge in [-0.2, -0.15) is 0 Å². The van der Waals surface area contributed by atoms with E-state index in [9.17, 15) is 14.4 Å². The van der Waals surface area contributed by atoms with Crippen molar-refractivity contribution in [1.82, 2.24) is 9.47 Å². The fourth-order valence-electron chi connectivity index (χ4n) is 5.48. The summed E-state index contributed by atoms with van der Waals surface area (Å²) in [6.07, 6.45) is 4.73. The lowest BCUT2D eigenvalue weighted by atomic mass is 9.99. The Kier molecular flexibility index (Phi) is 7.17. The van der Waals surface area contributed by atoms with E-state index in [0.717, 1.165) is 49.6 Å². The van der Waals surface area contributed by atoms with Crippen molar-refractivity contribution in [2.24, 2.45) is 0 Å². The maximum absolute atomic E-state index is 13.1. The molecule has 33 heavy (non-hydrogen) atoms. The monoisotopic (exact) mass is 454 g/mol. The van der Waals surface area contributed by atoms with E-state index < -0.39 is 5.97 Å². The lowest BCUT2D eigenvalue weighted by Gasteiger charge is -2.38. The van der Waals surface area contributed by atoms with Gasteiger partial charge in [-0.1, -0.05) is 18.2 Å². The van der Waals surface area contributed by atoms with Crippen LogP contribution in [-0.4, -0.2) is 52.7 Å². The molecule has 2 saturated heterocycles. The van der Waals surface area contributed by atoms with Gasteiger partial charge in [0.2, 0.25) is 0 Å². The van der Waals surface area contributed by atoms with Crippen molar-refractivity contribution in [3.05, 3.63) is 46.2 Å². The fourth-order valence-corrected chi connectivity index (χ4v) is 5.48. The topological polar surface area (TPSA) is 77.8 Å². The van der Waals surface area contributed by atoms with Gasteiger partial charge in [0.05, 0.1) is 12.1 Å². The van der Waals surface area contributed by atoms with Crippen LogP contribution in [0.4, 0.5) is 0 Å². The summed E-state index contributed by atoms with van der Waals surface area (Å²) in [5.74, 6) is -0.670. The summed E-state index contributed by atoms with van der Waals surface area (Å²) in [4.78, 5) is 40.3. The summed E-state index contributed by atoms with van der Waals surface area (Å²) >= 11 is 0. The second-order valence-corrected chi connectivity index (χ2v) is 9.42. The first-order chi connectivity index (χ1) is 15.9. The third-order valence-corrected chi connectivity index (χ3v) is 6.90. The van der Waals surface area contributed by atoms with Gasteiger partial charge in [-0.3, -0.25) is 14.5 Å². The first kappa shape index (κ1) is 23.5. The Balaban J connectivity index is 1.42. The molecule has 4 rings (SSSR count). The van der Waals surface area contributed by atoms with Crippen LogP contribution in [0, 0.1) is 0 Å². The molecule has 2 aliphatic heterocycles. The van der Waals surface area contributed by atoms with Gasteiger partial charge >= 0.3 is 11.9 Å². The number of esters is 2. The van der Waals surface area contributed by atoms with Gasteiger partial charge in [0, 0.05) is 37.4 Å². The van der Waals surface area contributed by atoms with E-state index in [1.54, 1.807) is 10.6 Å². The Morgan fingerprint density at radius 3 is 2.48 bits per heavy atom. The predicted molar refractivity (Wildman–Crippen MR) is 126 cm³/mol. The highest BCUT2D eigenvalue weighted by molar-refractivity contribution is 5.94. The number of carbonyl (C=O) groups excluding carboxylic acids is 2. The average Bonchev–Trinajstić information content (AvgIpc) is 3.01. The highest BCUT2D eigenvalue weighted by atomic mass is 16.5. The van der Waals surface area contributed by atoms with E-state index in [2.05, 4.69) is 4.90 Å². The van der Waals surface area contributed by atoms with E-state index in [1.165, 1.54) is 0 Å². The summed E-state index contributed by atoms with van der Waals surface area (Å²) in [5, 5.41) is 0.856. The molecular formula is C26H34N2O5. The van der Waals surface area contributed by atoms with Gasteiger partial charge < -0.3 is 14.0 Å². The number of hydrogen-bond donors (Lipinski definition) is 0. The molecule has 0 saturated carbocycles. The summed E-state index contributed by atoms with van der Waals surface area (Å²) in [7, 11) is 0. The van der Waals surface area contributed by atoms with Crippen LogP contribution in [0.5, 0.6) is 0 Å². The van der Waals surface area contributed by atoms with Crippen LogP contribution in [0.25, 0.3) is 10.9 Å². The van der Waals surface area contributed by atoms with Crippen LogP contribution in [0.3, 0.4) is 0 Å². The highest BCUT2D eigenvalue weighted by Gasteiger charge is 2.42. The molecule has 0 radical (unpaired) electrons.